The zero-order chi connectivity index (χ0) is 14.4. The van der Waals surface area contributed by atoms with Crippen molar-refractivity contribution < 1.29 is 14.6 Å². The van der Waals surface area contributed by atoms with E-state index in [0.29, 0.717) is 6.23 Å². The number of hydrogen-bond acceptors (Lipinski definition) is 2. The van der Waals surface area contributed by atoms with Crippen LogP contribution in [0.15, 0.2) is 11.3 Å². The lowest BCUT2D eigenvalue weighted by Crippen LogP contribution is -2.44. The fraction of sp³-hybridized carbons (Fsp3) is 0.750. The van der Waals surface area contributed by atoms with Crippen molar-refractivity contribution in [2.45, 2.75) is 51.4 Å². The predicted octanol–water partition coefficient (Wildman–Crippen LogP) is 3.23. The molecule has 0 rings (SSSR count). The van der Waals surface area contributed by atoms with Crippen molar-refractivity contribution in [2.24, 2.45) is 0 Å². The van der Waals surface area contributed by atoms with Crippen LogP contribution in [0.5, 0.6) is 0 Å². The first-order valence-corrected chi connectivity index (χ1v) is 15.1. The van der Waals surface area contributed by atoms with Crippen LogP contribution in [0.3, 0.4) is 0 Å². The summed E-state index contributed by atoms with van der Waals surface area (Å²) < 4.78 is 4.80. The Labute approximate surface area is 115 Å². The summed E-state index contributed by atoms with van der Waals surface area (Å²) in [4.78, 5) is 10.5. The van der Waals surface area contributed by atoms with E-state index in [9.17, 15) is 4.79 Å². The van der Waals surface area contributed by atoms with Crippen molar-refractivity contribution >= 4 is 31.8 Å². The van der Waals surface area contributed by atoms with E-state index in [1.165, 1.54) is 11.3 Å². The van der Waals surface area contributed by atoms with Gasteiger partial charge in [0.25, 0.3) is 0 Å². The van der Waals surface area contributed by atoms with Crippen LogP contribution in [0.2, 0.25) is 37.5 Å². The van der Waals surface area contributed by atoms with Gasteiger partial charge in [0.05, 0.1) is 14.3 Å². The number of carboxylic acid groups (broad SMARTS) is 1. The number of rotatable bonds is 7. The number of ether oxygens (including phenoxy) is 1. The first kappa shape index (κ1) is 17.7. The second kappa shape index (κ2) is 7.30. The van der Waals surface area contributed by atoms with Gasteiger partial charge in [-0.1, -0.05) is 48.8 Å². The molecule has 0 saturated carbocycles. The minimum atomic E-state index is -1.52. The van der Waals surface area contributed by atoms with Gasteiger partial charge in [-0.05, 0) is 13.8 Å². The normalized spacial score (nSPS) is 14.2. The molecule has 0 heterocycles. The standard InChI is InChI=1S/C12H28O3Si3/c1-7-11(2)16-9-18(5,6)10-17(3,4)8-15-12(13)14/h7H,8-10,16H2,1-6H3,(H,13,14). The summed E-state index contributed by atoms with van der Waals surface area (Å²) in [6.07, 6.45) is 1.56. The Hall–Kier alpha value is -0.339. The first-order valence-electron chi connectivity index (χ1n) is 6.55. The van der Waals surface area contributed by atoms with E-state index in [-0.39, 0.29) is 9.52 Å². The molecule has 6 heteroatoms. The highest BCUT2D eigenvalue weighted by molar-refractivity contribution is 6.98. The van der Waals surface area contributed by atoms with Crippen LogP contribution >= 0.6 is 0 Å². The lowest BCUT2D eigenvalue weighted by Gasteiger charge is -2.31. The summed E-state index contributed by atoms with van der Waals surface area (Å²) in [5.74, 6) is 0. The summed E-state index contributed by atoms with van der Waals surface area (Å²) in [7, 11) is -2.78. The molecule has 0 fully saturated rings. The third kappa shape index (κ3) is 8.71. The second-order valence-corrected chi connectivity index (χ2v) is 20.7. The molecule has 0 aliphatic rings. The Morgan fingerprint density at radius 1 is 1.28 bits per heavy atom. The molecule has 0 unspecified atom stereocenters. The van der Waals surface area contributed by atoms with Crippen LogP contribution in [-0.2, 0) is 4.74 Å². The molecule has 106 valence electrons. The van der Waals surface area contributed by atoms with Crippen LogP contribution < -0.4 is 0 Å². The van der Waals surface area contributed by atoms with E-state index in [4.69, 9.17) is 9.84 Å². The summed E-state index contributed by atoms with van der Waals surface area (Å²) in [6.45, 7) is 13.7. The van der Waals surface area contributed by atoms with E-state index < -0.39 is 22.3 Å². The highest BCUT2D eigenvalue weighted by atomic mass is 28.4. The smallest absolute Gasteiger partial charge is 0.450 e. The Bertz CT molecular complexity index is 312. The van der Waals surface area contributed by atoms with Gasteiger partial charge in [-0.25, -0.2) is 4.79 Å². The Morgan fingerprint density at radius 3 is 2.28 bits per heavy atom. The van der Waals surface area contributed by atoms with Gasteiger partial charge in [0, 0.05) is 17.6 Å². The van der Waals surface area contributed by atoms with Gasteiger partial charge in [0.2, 0.25) is 0 Å². The first-order chi connectivity index (χ1) is 8.08. The second-order valence-electron chi connectivity index (χ2n) is 6.69. The highest BCUT2D eigenvalue weighted by Gasteiger charge is 2.33. The monoisotopic (exact) mass is 304 g/mol. The molecule has 0 aliphatic carbocycles. The molecule has 1 N–H and O–H groups in total. The van der Waals surface area contributed by atoms with Crippen molar-refractivity contribution in [3.8, 4) is 0 Å². The molecular weight excluding hydrogens is 276 g/mol. The summed E-state index contributed by atoms with van der Waals surface area (Å²) in [5.41, 5.74) is 2.68. The quantitative estimate of drug-likeness (QED) is 0.580. The molecule has 0 aromatic carbocycles. The van der Waals surface area contributed by atoms with E-state index in [2.05, 4.69) is 46.1 Å². The third-order valence-corrected chi connectivity index (χ3v) is 19.4. The fourth-order valence-electron chi connectivity index (χ4n) is 2.37. The van der Waals surface area contributed by atoms with Crippen LogP contribution in [0.25, 0.3) is 0 Å². The maximum Gasteiger partial charge on any atom is 0.505 e. The van der Waals surface area contributed by atoms with Crippen molar-refractivity contribution in [2.75, 3.05) is 6.23 Å². The molecule has 0 aromatic heterocycles. The van der Waals surface area contributed by atoms with E-state index in [1.54, 1.807) is 5.20 Å². The molecule has 0 radical (unpaired) electrons. The molecule has 0 atom stereocenters. The molecule has 0 spiro atoms. The molecule has 3 nitrogen and oxygen atoms in total. The molecule has 0 bridgehead atoms. The molecular formula is C12H28O3Si3. The maximum atomic E-state index is 10.5. The van der Waals surface area contributed by atoms with Crippen LogP contribution in [0.4, 0.5) is 4.79 Å². The van der Waals surface area contributed by atoms with Gasteiger partial charge in [-0.15, -0.1) is 0 Å². The topological polar surface area (TPSA) is 46.5 Å². The largest absolute Gasteiger partial charge is 0.505 e. The average molecular weight is 305 g/mol. The number of allylic oxidation sites excluding steroid dienone is 2. The Morgan fingerprint density at radius 2 is 1.83 bits per heavy atom. The van der Waals surface area contributed by atoms with Gasteiger partial charge >= 0.3 is 6.16 Å². The number of carbonyl (C=O) groups is 1. The molecule has 0 aromatic rings. The van der Waals surface area contributed by atoms with Gasteiger partial charge in [-0.2, -0.15) is 0 Å². The summed E-state index contributed by atoms with van der Waals surface area (Å²) >= 11 is 0. The fourth-order valence-corrected chi connectivity index (χ4v) is 20.5. The maximum absolute atomic E-state index is 10.5. The summed E-state index contributed by atoms with van der Waals surface area (Å²) in [5, 5.41) is 10.2. The van der Waals surface area contributed by atoms with Crippen LogP contribution in [0.1, 0.15) is 13.8 Å². The van der Waals surface area contributed by atoms with Crippen molar-refractivity contribution in [1.29, 1.82) is 0 Å². The Kier molecular flexibility index (Phi) is 7.16. The lowest BCUT2D eigenvalue weighted by molar-refractivity contribution is 0.105. The van der Waals surface area contributed by atoms with Gasteiger partial charge < -0.3 is 9.84 Å². The average Bonchev–Trinajstić information content (AvgIpc) is 2.22. The number of hydrogen-bond donors (Lipinski definition) is 1. The molecule has 18 heavy (non-hydrogen) atoms. The van der Waals surface area contributed by atoms with E-state index >= 15 is 0 Å². The lowest BCUT2D eigenvalue weighted by atomic mass is 10.6. The van der Waals surface area contributed by atoms with E-state index in [1.807, 2.05) is 0 Å². The third-order valence-electron chi connectivity index (χ3n) is 3.23. The van der Waals surface area contributed by atoms with Crippen LogP contribution in [-0.4, -0.2) is 43.2 Å². The molecule has 0 aliphatic heterocycles. The molecule has 0 saturated heterocycles. The van der Waals surface area contributed by atoms with Gasteiger partial charge in [0.1, 0.15) is 0 Å². The zero-order valence-corrected chi connectivity index (χ0v) is 16.1. The molecule has 0 amide bonds. The van der Waals surface area contributed by atoms with Crippen molar-refractivity contribution in [1.82, 2.24) is 0 Å². The van der Waals surface area contributed by atoms with Crippen molar-refractivity contribution in [3.63, 3.8) is 0 Å². The van der Waals surface area contributed by atoms with E-state index in [0.717, 1.165) is 0 Å². The van der Waals surface area contributed by atoms with Crippen LogP contribution in [0, 0.1) is 0 Å². The van der Waals surface area contributed by atoms with Gasteiger partial charge in [-0.3, -0.25) is 0 Å². The minimum absolute atomic E-state index is 0.0791. The zero-order valence-electron chi connectivity index (χ0n) is 12.7. The van der Waals surface area contributed by atoms with Gasteiger partial charge in [0.15, 0.2) is 0 Å². The SMILES string of the molecule is CC=C(C)[SiH2]C[Si](C)(C)C[Si](C)(C)COC(=O)O. The van der Waals surface area contributed by atoms with Crippen molar-refractivity contribution in [3.05, 3.63) is 11.3 Å². The minimum Gasteiger partial charge on any atom is -0.450 e. The Balaban J connectivity index is 4.31. The summed E-state index contributed by atoms with van der Waals surface area (Å²) in [6, 6.07) is 0. The highest BCUT2D eigenvalue weighted by Crippen LogP contribution is 2.23. The predicted molar refractivity (Wildman–Crippen MR) is 86.5 cm³/mol.